The van der Waals surface area contributed by atoms with Crippen LogP contribution in [0.2, 0.25) is 0 Å². The Labute approximate surface area is 86.3 Å². The molecule has 1 aromatic heterocycles. The average Bonchev–Trinajstić information content (AvgIpc) is 2.52. The SMILES string of the molecule is CN(C)CCCc1ccc(N(C)C)o1. The van der Waals surface area contributed by atoms with Crippen molar-refractivity contribution in [1.29, 1.82) is 0 Å². The van der Waals surface area contributed by atoms with Crippen LogP contribution < -0.4 is 4.90 Å². The molecule has 80 valence electrons. The molecule has 3 heteroatoms. The average molecular weight is 196 g/mol. The highest BCUT2D eigenvalue weighted by Gasteiger charge is 2.03. The van der Waals surface area contributed by atoms with Gasteiger partial charge in [-0.3, -0.25) is 0 Å². The predicted molar refractivity (Wildman–Crippen MR) is 59.9 cm³/mol. The zero-order chi connectivity index (χ0) is 10.6. The van der Waals surface area contributed by atoms with E-state index in [2.05, 4.69) is 25.1 Å². The van der Waals surface area contributed by atoms with Crippen LogP contribution in [0.15, 0.2) is 16.5 Å². The van der Waals surface area contributed by atoms with Gasteiger partial charge in [0.25, 0.3) is 0 Å². The number of anilines is 1. The second-order valence-electron chi connectivity index (χ2n) is 4.04. The molecule has 0 N–H and O–H groups in total. The van der Waals surface area contributed by atoms with E-state index in [0.717, 1.165) is 31.0 Å². The molecule has 0 aliphatic carbocycles. The Kier molecular flexibility index (Phi) is 4.01. The maximum absolute atomic E-state index is 5.63. The fraction of sp³-hybridized carbons (Fsp3) is 0.636. The zero-order valence-electron chi connectivity index (χ0n) is 9.58. The van der Waals surface area contributed by atoms with E-state index in [1.54, 1.807) is 0 Å². The number of aryl methyl sites for hydroxylation is 1. The lowest BCUT2D eigenvalue weighted by molar-refractivity contribution is 0.390. The first-order valence-electron chi connectivity index (χ1n) is 5.00. The molecule has 0 saturated heterocycles. The van der Waals surface area contributed by atoms with E-state index >= 15 is 0 Å². The van der Waals surface area contributed by atoms with Gasteiger partial charge in [0.2, 0.25) is 0 Å². The van der Waals surface area contributed by atoms with Crippen molar-refractivity contribution in [3.05, 3.63) is 17.9 Å². The molecule has 1 aromatic rings. The van der Waals surface area contributed by atoms with Gasteiger partial charge in [-0.25, -0.2) is 0 Å². The molecule has 0 unspecified atom stereocenters. The maximum atomic E-state index is 5.63. The molecule has 14 heavy (non-hydrogen) atoms. The van der Waals surface area contributed by atoms with Crippen molar-refractivity contribution >= 4 is 5.88 Å². The smallest absolute Gasteiger partial charge is 0.195 e. The molecule has 0 aliphatic rings. The molecule has 0 fully saturated rings. The fourth-order valence-electron chi connectivity index (χ4n) is 1.31. The first-order chi connectivity index (χ1) is 6.59. The van der Waals surface area contributed by atoms with Gasteiger partial charge in [0.1, 0.15) is 5.76 Å². The van der Waals surface area contributed by atoms with Crippen LogP contribution in [0, 0.1) is 0 Å². The Bertz CT molecular complexity index is 266. The van der Waals surface area contributed by atoms with Crippen LogP contribution in [0.4, 0.5) is 5.88 Å². The van der Waals surface area contributed by atoms with Crippen molar-refractivity contribution in [2.24, 2.45) is 0 Å². The summed E-state index contributed by atoms with van der Waals surface area (Å²) in [5.74, 6) is 2.01. The minimum Gasteiger partial charge on any atom is -0.446 e. The second-order valence-corrected chi connectivity index (χ2v) is 4.04. The Balaban J connectivity index is 2.36. The Hall–Kier alpha value is -0.960. The van der Waals surface area contributed by atoms with Crippen molar-refractivity contribution in [2.75, 3.05) is 39.6 Å². The van der Waals surface area contributed by atoms with E-state index in [9.17, 15) is 0 Å². The third-order valence-electron chi connectivity index (χ3n) is 2.12. The molecule has 0 amide bonds. The van der Waals surface area contributed by atoms with Gasteiger partial charge in [0.15, 0.2) is 5.88 Å². The molecular formula is C11H20N2O. The van der Waals surface area contributed by atoms with Crippen LogP contribution in [0.1, 0.15) is 12.2 Å². The Morgan fingerprint density at radius 2 is 1.86 bits per heavy atom. The largest absolute Gasteiger partial charge is 0.446 e. The second kappa shape index (κ2) is 5.05. The third kappa shape index (κ3) is 3.42. The molecular weight excluding hydrogens is 176 g/mol. The summed E-state index contributed by atoms with van der Waals surface area (Å²) in [6, 6.07) is 4.08. The lowest BCUT2D eigenvalue weighted by Crippen LogP contribution is -2.13. The van der Waals surface area contributed by atoms with Gasteiger partial charge in [0.05, 0.1) is 0 Å². The van der Waals surface area contributed by atoms with E-state index in [1.807, 2.05) is 25.1 Å². The quantitative estimate of drug-likeness (QED) is 0.716. The zero-order valence-corrected chi connectivity index (χ0v) is 9.58. The summed E-state index contributed by atoms with van der Waals surface area (Å²) in [5.41, 5.74) is 0. The highest BCUT2D eigenvalue weighted by molar-refractivity contribution is 5.33. The van der Waals surface area contributed by atoms with Crippen molar-refractivity contribution in [2.45, 2.75) is 12.8 Å². The highest BCUT2D eigenvalue weighted by Crippen LogP contribution is 2.16. The van der Waals surface area contributed by atoms with E-state index in [-0.39, 0.29) is 0 Å². The number of furan rings is 1. The van der Waals surface area contributed by atoms with E-state index in [0.29, 0.717) is 0 Å². The van der Waals surface area contributed by atoms with Crippen molar-refractivity contribution in [1.82, 2.24) is 4.90 Å². The lowest BCUT2D eigenvalue weighted by atomic mass is 10.2. The van der Waals surface area contributed by atoms with Gasteiger partial charge >= 0.3 is 0 Å². The van der Waals surface area contributed by atoms with E-state index in [4.69, 9.17) is 4.42 Å². The monoisotopic (exact) mass is 196 g/mol. The summed E-state index contributed by atoms with van der Waals surface area (Å²) in [4.78, 5) is 4.17. The van der Waals surface area contributed by atoms with Crippen LogP contribution >= 0.6 is 0 Å². The minimum atomic E-state index is 0.935. The van der Waals surface area contributed by atoms with Crippen LogP contribution in [0.5, 0.6) is 0 Å². The molecule has 0 atom stereocenters. The van der Waals surface area contributed by atoms with Gasteiger partial charge in [-0.15, -0.1) is 0 Å². The maximum Gasteiger partial charge on any atom is 0.195 e. The molecule has 0 spiro atoms. The molecule has 0 radical (unpaired) electrons. The molecule has 1 rings (SSSR count). The van der Waals surface area contributed by atoms with Crippen LogP contribution in [-0.2, 0) is 6.42 Å². The van der Waals surface area contributed by atoms with Gasteiger partial charge in [-0.1, -0.05) is 0 Å². The normalized spacial score (nSPS) is 10.9. The van der Waals surface area contributed by atoms with Gasteiger partial charge in [0, 0.05) is 26.6 Å². The van der Waals surface area contributed by atoms with Gasteiger partial charge in [-0.05, 0) is 33.1 Å². The molecule has 1 heterocycles. The van der Waals surface area contributed by atoms with Crippen molar-refractivity contribution in [3.8, 4) is 0 Å². The molecule has 0 bridgehead atoms. The molecule has 0 aliphatic heterocycles. The molecule has 0 saturated carbocycles. The van der Waals surface area contributed by atoms with Crippen molar-refractivity contribution in [3.63, 3.8) is 0 Å². The molecule has 3 nitrogen and oxygen atoms in total. The highest BCUT2D eigenvalue weighted by atomic mass is 16.4. The van der Waals surface area contributed by atoms with Gasteiger partial charge < -0.3 is 14.2 Å². The van der Waals surface area contributed by atoms with Crippen LogP contribution in [0.3, 0.4) is 0 Å². The lowest BCUT2D eigenvalue weighted by Gasteiger charge is -2.08. The first kappa shape index (κ1) is 11.1. The molecule has 0 aromatic carbocycles. The number of rotatable bonds is 5. The summed E-state index contributed by atoms with van der Waals surface area (Å²) in [6.45, 7) is 1.11. The first-order valence-corrected chi connectivity index (χ1v) is 5.00. The summed E-state index contributed by atoms with van der Waals surface area (Å²) in [6.07, 6.45) is 2.17. The number of hydrogen-bond donors (Lipinski definition) is 0. The number of nitrogens with zero attached hydrogens (tertiary/aromatic N) is 2. The summed E-state index contributed by atoms with van der Waals surface area (Å²) in [5, 5.41) is 0. The minimum absolute atomic E-state index is 0.935. The third-order valence-corrected chi connectivity index (χ3v) is 2.12. The van der Waals surface area contributed by atoms with Gasteiger partial charge in [-0.2, -0.15) is 0 Å². The number of hydrogen-bond acceptors (Lipinski definition) is 3. The van der Waals surface area contributed by atoms with Crippen molar-refractivity contribution < 1.29 is 4.42 Å². The standard InChI is InChI=1S/C11H20N2O/c1-12(2)9-5-6-10-7-8-11(14-10)13(3)4/h7-8H,5-6,9H2,1-4H3. The van der Waals surface area contributed by atoms with E-state index in [1.165, 1.54) is 0 Å². The summed E-state index contributed by atoms with van der Waals surface area (Å²) < 4.78 is 5.63. The summed E-state index contributed by atoms with van der Waals surface area (Å²) >= 11 is 0. The topological polar surface area (TPSA) is 19.6 Å². The Morgan fingerprint density at radius 1 is 1.14 bits per heavy atom. The fourth-order valence-corrected chi connectivity index (χ4v) is 1.31. The van der Waals surface area contributed by atoms with Crippen LogP contribution in [-0.4, -0.2) is 39.6 Å². The Morgan fingerprint density at radius 3 is 2.36 bits per heavy atom. The summed E-state index contributed by atoms with van der Waals surface area (Å²) in [7, 11) is 8.16. The van der Waals surface area contributed by atoms with E-state index < -0.39 is 0 Å². The van der Waals surface area contributed by atoms with Crippen LogP contribution in [0.25, 0.3) is 0 Å². The predicted octanol–water partition coefficient (Wildman–Crippen LogP) is 1.84.